The van der Waals surface area contributed by atoms with Crippen LogP contribution >= 0.6 is 0 Å². The molecule has 0 unspecified atom stereocenters. The molecule has 0 aromatic carbocycles. The fraction of sp³-hybridized carbons (Fsp3) is 0.591. The highest BCUT2D eigenvalue weighted by Crippen LogP contribution is 2.36. The number of imide groups is 1. The summed E-state index contributed by atoms with van der Waals surface area (Å²) in [5.41, 5.74) is 3.34. The summed E-state index contributed by atoms with van der Waals surface area (Å²) in [5.74, 6) is -0.293. The number of urea groups is 1. The van der Waals surface area contributed by atoms with Crippen molar-refractivity contribution in [2.45, 2.75) is 77.8 Å². The third kappa shape index (κ3) is 3.55. The van der Waals surface area contributed by atoms with E-state index in [1.807, 2.05) is 27.7 Å². The number of hydrogen-bond donors (Lipinski definition) is 2. The lowest BCUT2D eigenvalue weighted by Crippen LogP contribution is -2.51. The van der Waals surface area contributed by atoms with E-state index in [0.29, 0.717) is 35.4 Å². The van der Waals surface area contributed by atoms with Crippen LogP contribution in [0, 0.1) is 5.92 Å². The Kier molecular flexibility index (Phi) is 5.23. The number of amides is 4. The van der Waals surface area contributed by atoms with E-state index in [1.54, 1.807) is 16.9 Å². The fourth-order valence-corrected chi connectivity index (χ4v) is 4.38. The molecule has 3 heterocycles. The molecule has 1 saturated carbocycles. The molecule has 0 bridgehead atoms. The second-order valence-corrected chi connectivity index (χ2v) is 9.45. The van der Waals surface area contributed by atoms with Gasteiger partial charge >= 0.3 is 6.03 Å². The Bertz CT molecular complexity index is 1050. The molecule has 1 saturated heterocycles. The zero-order valence-corrected chi connectivity index (χ0v) is 18.7. The molecule has 2 aliphatic rings. The minimum Gasteiger partial charge on any atom is -0.322 e. The highest BCUT2D eigenvalue weighted by atomic mass is 16.2. The first-order chi connectivity index (χ1) is 14.6. The van der Waals surface area contributed by atoms with E-state index in [4.69, 9.17) is 4.98 Å². The third-order valence-electron chi connectivity index (χ3n) is 6.41. The van der Waals surface area contributed by atoms with E-state index in [1.165, 1.54) is 0 Å². The normalized spacial score (nSPS) is 24.0. The van der Waals surface area contributed by atoms with Crippen LogP contribution in [0.2, 0.25) is 0 Å². The Balaban J connectivity index is 1.66. The topological polar surface area (TPSA) is 109 Å². The molecule has 9 nitrogen and oxygen atoms in total. The van der Waals surface area contributed by atoms with Crippen molar-refractivity contribution in [2.24, 2.45) is 5.92 Å². The first-order valence-electron chi connectivity index (χ1n) is 11.0. The maximum atomic E-state index is 13.2. The zero-order valence-electron chi connectivity index (χ0n) is 18.7. The van der Waals surface area contributed by atoms with Gasteiger partial charge in [-0.3, -0.25) is 15.0 Å². The van der Waals surface area contributed by atoms with Crippen LogP contribution in [-0.4, -0.2) is 43.2 Å². The van der Waals surface area contributed by atoms with Crippen molar-refractivity contribution in [1.82, 2.24) is 30.5 Å². The molecule has 1 aliphatic heterocycles. The molecular formula is C22H30N6O3. The summed E-state index contributed by atoms with van der Waals surface area (Å²) in [4.78, 5) is 43.6. The largest absolute Gasteiger partial charge is 0.344 e. The molecule has 0 atom stereocenters. The van der Waals surface area contributed by atoms with Gasteiger partial charge in [-0.2, -0.15) is 10.1 Å². The Morgan fingerprint density at radius 1 is 1.23 bits per heavy atom. The van der Waals surface area contributed by atoms with E-state index in [2.05, 4.69) is 22.8 Å². The van der Waals surface area contributed by atoms with E-state index in [0.717, 1.165) is 23.5 Å². The van der Waals surface area contributed by atoms with Gasteiger partial charge in [0.25, 0.3) is 11.8 Å². The van der Waals surface area contributed by atoms with Gasteiger partial charge in [-0.1, -0.05) is 20.8 Å². The van der Waals surface area contributed by atoms with Crippen molar-refractivity contribution >= 4 is 28.9 Å². The van der Waals surface area contributed by atoms with Gasteiger partial charge < -0.3 is 5.32 Å². The summed E-state index contributed by atoms with van der Waals surface area (Å²) in [7, 11) is 0. The van der Waals surface area contributed by atoms with Crippen LogP contribution in [-0.2, 0) is 4.79 Å². The van der Waals surface area contributed by atoms with Gasteiger partial charge in [-0.25, -0.2) is 14.5 Å². The first kappa shape index (κ1) is 21.3. The van der Waals surface area contributed by atoms with E-state index < -0.39 is 17.5 Å². The van der Waals surface area contributed by atoms with Gasteiger partial charge in [0.15, 0.2) is 5.65 Å². The van der Waals surface area contributed by atoms with Gasteiger partial charge in [0.2, 0.25) is 0 Å². The van der Waals surface area contributed by atoms with Gasteiger partial charge in [0.1, 0.15) is 5.54 Å². The number of hydrazine groups is 1. The summed E-state index contributed by atoms with van der Waals surface area (Å²) in [6.07, 6.45) is 4.51. The molecule has 2 aromatic rings. The molecule has 4 amide bonds. The number of nitrogens with one attached hydrogen (secondary N) is 2. The predicted molar refractivity (Wildman–Crippen MR) is 115 cm³/mol. The van der Waals surface area contributed by atoms with Crippen LogP contribution in [0.3, 0.4) is 0 Å². The molecule has 4 rings (SSSR count). The summed E-state index contributed by atoms with van der Waals surface area (Å²) in [6.45, 7) is 10.1. The lowest BCUT2D eigenvalue weighted by molar-refractivity contribution is -0.134. The van der Waals surface area contributed by atoms with Crippen LogP contribution < -0.4 is 10.7 Å². The molecule has 0 radical (unpaired) electrons. The number of fused-ring (bicyclic) bond motifs is 1. The average Bonchev–Trinajstić information content (AvgIpc) is 3.24. The van der Waals surface area contributed by atoms with Gasteiger partial charge in [-0.15, -0.1) is 0 Å². The van der Waals surface area contributed by atoms with E-state index >= 15 is 0 Å². The fourth-order valence-electron chi connectivity index (χ4n) is 4.38. The SMILES string of the molecule is CC1CCC2(CC1)NC(=O)N(NC(=O)c1cc(C(C)C)nc3c1cnn3C(C)C)C2=O. The lowest BCUT2D eigenvalue weighted by atomic mass is 9.77. The number of pyridine rings is 1. The minimum absolute atomic E-state index is 0.0720. The first-order valence-corrected chi connectivity index (χ1v) is 11.0. The van der Waals surface area contributed by atoms with Crippen molar-refractivity contribution < 1.29 is 14.4 Å². The maximum absolute atomic E-state index is 13.2. The van der Waals surface area contributed by atoms with Gasteiger partial charge in [0, 0.05) is 11.7 Å². The lowest BCUT2D eigenvalue weighted by Gasteiger charge is -2.33. The Morgan fingerprint density at radius 2 is 1.90 bits per heavy atom. The van der Waals surface area contributed by atoms with Crippen molar-refractivity contribution in [3.63, 3.8) is 0 Å². The molecule has 1 spiro atoms. The summed E-state index contributed by atoms with van der Waals surface area (Å²) < 4.78 is 1.77. The summed E-state index contributed by atoms with van der Waals surface area (Å²) in [5, 5.41) is 8.64. The number of rotatable bonds is 4. The van der Waals surface area contributed by atoms with E-state index in [-0.39, 0.29) is 17.9 Å². The molecule has 9 heteroatoms. The Labute approximate surface area is 181 Å². The highest BCUT2D eigenvalue weighted by Gasteiger charge is 2.53. The Morgan fingerprint density at radius 3 is 2.52 bits per heavy atom. The second kappa shape index (κ2) is 7.62. The molecule has 2 N–H and O–H groups in total. The summed E-state index contributed by atoms with van der Waals surface area (Å²) >= 11 is 0. The van der Waals surface area contributed by atoms with Crippen LogP contribution in [0.5, 0.6) is 0 Å². The van der Waals surface area contributed by atoms with Gasteiger partial charge in [0.05, 0.1) is 17.1 Å². The smallest absolute Gasteiger partial charge is 0.322 e. The summed E-state index contributed by atoms with van der Waals surface area (Å²) in [6, 6.07) is 1.20. The quantitative estimate of drug-likeness (QED) is 0.729. The number of carbonyl (C=O) groups is 3. The average molecular weight is 427 g/mol. The molecular weight excluding hydrogens is 396 g/mol. The second-order valence-electron chi connectivity index (χ2n) is 9.45. The van der Waals surface area contributed by atoms with Crippen molar-refractivity contribution in [3.05, 3.63) is 23.5 Å². The third-order valence-corrected chi connectivity index (χ3v) is 6.41. The van der Waals surface area contributed by atoms with Crippen LogP contribution in [0.15, 0.2) is 12.3 Å². The van der Waals surface area contributed by atoms with Crippen molar-refractivity contribution in [2.75, 3.05) is 0 Å². The molecule has 31 heavy (non-hydrogen) atoms. The zero-order chi connectivity index (χ0) is 22.5. The van der Waals surface area contributed by atoms with E-state index in [9.17, 15) is 14.4 Å². The number of carbonyl (C=O) groups excluding carboxylic acids is 3. The van der Waals surface area contributed by atoms with Crippen LogP contribution in [0.25, 0.3) is 11.0 Å². The minimum atomic E-state index is -0.907. The van der Waals surface area contributed by atoms with Crippen LogP contribution in [0.4, 0.5) is 4.79 Å². The predicted octanol–water partition coefficient (Wildman–Crippen LogP) is 3.28. The molecule has 2 fully saturated rings. The Hall–Kier alpha value is -2.97. The van der Waals surface area contributed by atoms with Crippen LogP contribution in [0.1, 0.15) is 88.3 Å². The number of nitrogens with zero attached hydrogens (tertiary/aromatic N) is 4. The monoisotopic (exact) mass is 426 g/mol. The number of aromatic nitrogens is 3. The molecule has 166 valence electrons. The molecule has 2 aromatic heterocycles. The maximum Gasteiger partial charge on any atom is 0.344 e. The molecule has 1 aliphatic carbocycles. The number of hydrogen-bond acceptors (Lipinski definition) is 5. The van der Waals surface area contributed by atoms with Crippen molar-refractivity contribution in [3.8, 4) is 0 Å². The van der Waals surface area contributed by atoms with Crippen molar-refractivity contribution in [1.29, 1.82) is 0 Å². The standard InChI is InChI=1S/C22H30N6O3/c1-12(2)17-10-15(16-11-23-27(13(3)4)18(16)24-17)19(29)26-28-20(30)22(25-21(28)31)8-6-14(5)7-9-22/h10-14H,6-9H2,1-5H3,(H,25,31)(H,26,29). The highest BCUT2D eigenvalue weighted by molar-refractivity contribution is 6.11. The van der Waals surface area contributed by atoms with Gasteiger partial charge in [-0.05, 0) is 57.4 Å².